The van der Waals surface area contributed by atoms with Gasteiger partial charge in [0.25, 0.3) is 0 Å². The normalized spacial score (nSPS) is 11.6. The molecule has 0 fully saturated rings. The van der Waals surface area contributed by atoms with Crippen LogP contribution in [0.5, 0.6) is 5.75 Å². The summed E-state index contributed by atoms with van der Waals surface area (Å²) in [5.41, 5.74) is 2.00. The number of ether oxygens (including phenoxy) is 1. The molecule has 0 spiro atoms. The highest BCUT2D eigenvalue weighted by Crippen LogP contribution is 2.21. The highest BCUT2D eigenvalue weighted by atomic mass is 16.5. The number of benzene rings is 2. The fourth-order valence-corrected chi connectivity index (χ4v) is 1.91. The van der Waals surface area contributed by atoms with Crippen molar-refractivity contribution in [1.82, 2.24) is 0 Å². The van der Waals surface area contributed by atoms with E-state index in [0.29, 0.717) is 19.4 Å². The van der Waals surface area contributed by atoms with Gasteiger partial charge in [-0.15, -0.1) is 12.3 Å². The van der Waals surface area contributed by atoms with Gasteiger partial charge in [0.15, 0.2) is 0 Å². The van der Waals surface area contributed by atoms with Crippen LogP contribution in [0.4, 0.5) is 0 Å². The highest BCUT2D eigenvalue weighted by molar-refractivity contribution is 5.29. The first-order valence-electron chi connectivity index (χ1n) is 6.68. The van der Waals surface area contributed by atoms with E-state index in [2.05, 4.69) is 5.92 Å². The van der Waals surface area contributed by atoms with Crippen LogP contribution in [0.1, 0.15) is 30.1 Å². The Bertz CT molecular complexity index is 552. The molecule has 0 heterocycles. The first kappa shape index (κ1) is 14.2. The minimum Gasteiger partial charge on any atom is -0.489 e. The standard InChI is InChI=1S/C18H18O2/c1-2-3-9-18(19)16-10-12-17(13-11-16)20-14-15-7-5-4-6-8-15/h1,4-8,10-13,18-19H,3,9,14H2. The molecule has 2 aromatic carbocycles. The lowest BCUT2D eigenvalue weighted by atomic mass is 10.1. The van der Waals surface area contributed by atoms with Crippen LogP contribution in [0.15, 0.2) is 54.6 Å². The molecular formula is C18H18O2. The Morgan fingerprint density at radius 1 is 1.05 bits per heavy atom. The van der Waals surface area contributed by atoms with Gasteiger partial charge in [0, 0.05) is 6.42 Å². The Hall–Kier alpha value is -2.24. The van der Waals surface area contributed by atoms with E-state index >= 15 is 0 Å². The van der Waals surface area contributed by atoms with Crippen LogP contribution in [0.3, 0.4) is 0 Å². The van der Waals surface area contributed by atoms with Crippen molar-refractivity contribution in [3.63, 3.8) is 0 Å². The van der Waals surface area contributed by atoms with Gasteiger partial charge in [0.05, 0.1) is 6.10 Å². The molecule has 2 nitrogen and oxygen atoms in total. The monoisotopic (exact) mass is 266 g/mol. The molecule has 1 N–H and O–H groups in total. The molecule has 0 aromatic heterocycles. The van der Waals surface area contributed by atoms with Crippen molar-refractivity contribution in [3.8, 4) is 18.1 Å². The summed E-state index contributed by atoms with van der Waals surface area (Å²) in [6.07, 6.45) is 5.85. The Morgan fingerprint density at radius 3 is 2.40 bits per heavy atom. The predicted molar refractivity (Wildman–Crippen MR) is 80.2 cm³/mol. The predicted octanol–water partition coefficient (Wildman–Crippen LogP) is 3.71. The van der Waals surface area contributed by atoms with Crippen LogP contribution in [0, 0.1) is 12.3 Å². The van der Waals surface area contributed by atoms with Crippen LogP contribution in [-0.4, -0.2) is 5.11 Å². The average molecular weight is 266 g/mol. The van der Waals surface area contributed by atoms with Crippen molar-refractivity contribution < 1.29 is 9.84 Å². The molecule has 2 aromatic rings. The first-order chi connectivity index (χ1) is 9.79. The molecule has 2 rings (SSSR count). The number of terminal acetylenes is 1. The van der Waals surface area contributed by atoms with Gasteiger partial charge in [-0.25, -0.2) is 0 Å². The summed E-state index contributed by atoms with van der Waals surface area (Å²) in [5.74, 6) is 3.33. The third-order valence-corrected chi connectivity index (χ3v) is 3.08. The maximum absolute atomic E-state index is 9.91. The molecule has 0 bridgehead atoms. The molecule has 0 saturated carbocycles. The summed E-state index contributed by atoms with van der Waals surface area (Å²) in [4.78, 5) is 0. The van der Waals surface area contributed by atoms with Gasteiger partial charge < -0.3 is 9.84 Å². The quantitative estimate of drug-likeness (QED) is 0.808. The second-order valence-corrected chi connectivity index (χ2v) is 4.60. The van der Waals surface area contributed by atoms with Crippen LogP contribution in [0.25, 0.3) is 0 Å². The molecule has 0 saturated heterocycles. The van der Waals surface area contributed by atoms with Gasteiger partial charge in [-0.3, -0.25) is 0 Å². The Kier molecular flexibility index (Phi) is 5.23. The van der Waals surface area contributed by atoms with Crippen molar-refractivity contribution in [2.75, 3.05) is 0 Å². The van der Waals surface area contributed by atoms with Crippen LogP contribution in [0.2, 0.25) is 0 Å². The van der Waals surface area contributed by atoms with E-state index in [1.165, 1.54) is 0 Å². The van der Waals surface area contributed by atoms with E-state index in [4.69, 9.17) is 11.2 Å². The van der Waals surface area contributed by atoms with Crippen molar-refractivity contribution in [2.24, 2.45) is 0 Å². The highest BCUT2D eigenvalue weighted by Gasteiger charge is 2.06. The van der Waals surface area contributed by atoms with Gasteiger partial charge >= 0.3 is 0 Å². The number of hydrogen-bond acceptors (Lipinski definition) is 2. The number of aliphatic hydroxyl groups excluding tert-OH is 1. The minimum absolute atomic E-state index is 0.505. The molecule has 1 unspecified atom stereocenters. The van der Waals surface area contributed by atoms with Crippen molar-refractivity contribution >= 4 is 0 Å². The third kappa shape index (κ3) is 4.15. The topological polar surface area (TPSA) is 29.5 Å². The van der Waals surface area contributed by atoms with Gasteiger partial charge in [0.1, 0.15) is 12.4 Å². The van der Waals surface area contributed by atoms with Crippen LogP contribution < -0.4 is 4.74 Å². The summed E-state index contributed by atoms with van der Waals surface area (Å²) in [6.45, 7) is 0.542. The minimum atomic E-state index is -0.505. The fraction of sp³-hybridized carbons (Fsp3) is 0.222. The van der Waals surface area contributed by atoms with Crippen molar-refractivity contribution in [1.29, 1.82) is 0 Å². The summed E-state index contributed by atoms with van der Waals surface area (Å²) in [7, 11) is 0. The van der Waals surface area contributed by atoms with Gasteiger partial charge in [-0.2, -0.15) is 0 Å². The van der Waals surface area contributed by atoms with Gasteiger partial charge in [0.2, 0.25) is 0 Å². The lowest BCUT2D eigenvalue weighted by Crippen LogP contribution is -1.98. The van der Waals surface area contributed by atoms with E-state index in [1.54, 1.807) is 0 Å². The lowest BCUT2D eigenvalue weighted by molar-refractivity contribution is 0.169. The first-order valence-corrected chi connectivity index (χ1v) is 6.68. The van der Waals surface area contributed by atoms with E-state index in [0.717, 1.165) is 16.9 Å². The van der Waals surface area contributed by atoms with Gasteiger partial charge in [-0.05, 0) is 29.7 Å². The Labute approximate surface area is 120 Å². The molecule has 1 atom stereocenters. The van der Waals surface area contributed by atoms with E-state index in [1.807, 2.05) is 54.6 Å². The summed E-state index contributed by atoms with van der Waals surface area (Å²) in [6, 6.07) is 17.5. The Morgan fingerprint density at radius 2 is 1.75 bits per heavy atom. The van der Waals surface area contributed by atoms with Crippen molar-refractivity contribution in [2.45, 2.75) is 25.6 Å². The molecule has 0 amide bonds. The van der Waals surface area contributed by atoms with E-state index in [9.17, 15) is 5.11 Å². The number of hydrogen-bond donors (Lipinski definition) is 1. The van der Waals surface area contributed by atoms with Gasteiger partial charge in [-0.1, -0.05) is 42.5 Å². The van der Waals surface area contributed by atoms with Crippen molar-refractivity contribution in [3.05, 3.63) is 65.7 Å². The smallest absolute Gasteiger partial charge is 0.119 e. The molecular weight excluding hydrogens is 248 g/mol. The maximum Gasteiger partial charge on any atom is 0.119 e. The van der Waals surface area contributed by atoms with Crippen LogP contribution in [-0.2, 0) is 6.61 Å². The molecule has 102 valence electrons. The second-order valence-electron chi connectivity index (χ2n) is 4.60. The Balaban J connectivity index is 1.90. The molecule has 0 aliphatic carbocycles. The number of aliphatic hydroxyl groups is 1. The molecule has 0 aliphatic rings. The average Bonchev–Trinajstić information content (AvgIpc) is 2.52. The fourth-order valence-electron chi connectivity index (χ4n) is 1.91. The largest absolute Gasteiger partial charge is 0.489 e. The number of rotatable bonds is 6. The zero-order chi connectivity index (χ0) is 14.2. The van der Waals surface area contributed by atoms with E-state index in [-0.39, 0.29) is 0 Å². The second kappa shape index (κ2) is 7.37. The molecule has 0 radical (unpaired) electrons. The summed E-state index contributed by atoms with van der Waals surface area (Å²) in [5, 5.41) is 9.91. The zero-order valence-corrected chi connectivity index (χ0v) is 11.3. The molecule has 0 aliphatic heterocycles. The zero-order valence-electron chi connectivity index (χ0n) is 11.3. The molecule has 2 heteroatoms. The van der Waals surface area contributed by atoms with Crippen LogP contribution >= 0.6 is 0 Å². The summed E-state index contributed by atoms with van der Waals surface area (Å²) < 4.78 is 5.69. The lowest BCUT2D eigenvalue weighted by Gasteiger charge is -2.11. The SMILES string of the molecule is C#CCCC(O)c1ccc(OCc2ccccc2)cc1. The maximum atomic E-state index is 9.91. The molecule has 20 heavy (non-hydrogen) atoms. The summed E-state index contributed by atoms with van der Waals surface area (Å²) >= 11 is 0. The van der Waals surface area contributed by atoms with E-state index < -0.39 is 6.10 Å². The third-order valence-electron chi connectivity index (χ3n) is 3.08.